The van der Waals surface area contributed by atoms with E-state index in [9.17, 15) is 13.2 Å². The molecule has 1 aromatic rings. The van der Waals surface area contributed by atoms with Gasteiger partial charge >= 0.3 is 6.18 Å². The molecular weight excluding hydrogens is 299 g/mol. The smallest absolute Gasteiger partial charge is 0.309 e. The lowest BCUT2D eigenvalue weighted by molar-refractivity contribution is -0.140. The van der Waals surface area contributed by atoms with Crippen molar-refractivity contribution in [1.29, 1.82) is 0 Å². The zero-order chi connectivity index (χ0) is 13.1. The third-order valence-corrected chi connectivity index (χ3v) is 2.96. The van der Waals surface area contributed by atoms with Crippen LogP contribution in [-0.4, -0.2) is 22.5 Å². The molecule has 0 spiro atoms. The van der Waals surface area contributed by atoms with Crippen LogP contribution in [0.15, 0.2) is 10.7 Å². The number of aromatic nitrogens is 2. The highest BCUT2D eigenvalue weighted by Gasteiger charge is 2.34. The van der Waals surface area contributed by atoms with E-state index in [0.29, 0.717) is 23.3 Å². The maximum absolute atomic E-state index is 12.5. The predicted octanol–water partition coefficient (Wildman–Crippen LogP) is 3.27. The van der Waals surface area contributed by atoms with E-state index < -0.39 is 18.6 Å². The normalized spacial score (nSPS) is 14.0. The fourth-order valence-corrected chi connectivity index (χ4v) is 2.29. The van der Waals surface area contributed by atoms with Crippen LogP contribution in [0.5, 0.6) is 0 Å². The lowest BCUT2D eigenvalue weighted by atomic mass is 10.1. The quantitative estimate of drug-likeness (QED) is 0.904. The summed E-state index contributed by atoms with van der Waals surface area (Å²) in [6, 6.07) is -0.767. The van der Waals surface area contributed by atoms with Gasteiger partial charge in [-0.15, -0.1) is 0 Å². The number of halogens is 4. The van der Waals surface area contributed by atoms with Crippen LogP contribution in [0.1, 0.15) is 32.0 Å². The maximum Gasteiger partial charge on any atom is 0.390 e. The standard InChI is InChI=1S/C10H15BrF3N3/c1-3-15-8(5-10(12,13)14)9-7(11)6-16-17(9)4-2/h6,8,15H,3-5H2,1-2H3. The fraction of sp³-hybridized carbons (Fsp3) is 0.700. The number of hydrogen-bond acceptors (Lipinski definition) is 2. The number of nitrogens with zero attached hydrogens (tertiary/aromatic N) is 2. The molecule has 0 bridgehead atoms. The third kappa shape index (κ3) is 3.99. The van der Waals surface area contributed by atoms with Gasteiger partial charge < -0.3 is 5.32 Å². The predicted molar refractivity (Wildman–Crippen MR) is 62.7 cm³/mol. The van der Waals surface area contributed by atoms with Crippen LogP contribution in [0, 0.1) is 0 Å². The Morgan fingerprint density at radius 3 is 2.59 bits per heavy atom. The highest BCUT2D eigenvalue weighted by atomic mass is 79.9. The second-order valence-electron chi connectivity index (χ2n) is 3.62. The molecule has 1 aromatic heterocycles. The van der Waals surface area contributed by atoms with Gasteiger partial charge in [0.2, 0.25) is 0 Å². The van der Waals surface area contributed by atoms with Crippen LogP contribution in [0.25, 0.3) is 0 Å². The molecule has 1 atom stereocenters. The number of rotatable bonds is 5. The third-order valence-electron chi connectivity index (χ3n) is 2.35. The first kappa shape index (κ1) is 14.5. The van der Waals surface area contributed by atoms with Gasteiger partial charge in [0.25, 0.3) is 0 Å². The maximum atomic E-state index is 12.5. The molecule has 7 heteroatoms. The zero-order valence-corrected chi connectivity index (χ0v) is 11.3. The molecule has 3 nitrogen and oxygen atoms in total. The molecular formula is C10H15BrF3N3. The van der Waals surface area contributed by atoms with E-state index in [4.69, 9.17) is 0 Å². The first-order valence-electron chi connectivity index (χ1n) is 5.40. The van der Waals surface area contributed by atoms with Crippen molar-refractivity contribution in [3.05, 3.63) is 16.4 Å². The molecule has 0 aliphatic carbocycles. The largest absolute Gasteiger partial charge is 0.390 e. The minimum Gasteiger partial charge on any atom is -0.309 e. The van der Waals surface area contributed by atoms with Crippen molar-refractivity contribution in [3.8, 4) is 0 Å². The molecule has 0 radical (unpaired) electrons. The summed E-state index contributed by atoms with van der Waals surface area (Å²) in [6.07, 6.45) is -3.57. The molecule has 0 saturated carbocycles. The van der Waals surface area contributed by atoms with Gasteiger partial charge in [-0.1, -0.05) is 6.92 Å². The Morgan fingerprint density at radius 1 is 1.47 bits per heavy atom. The lowest BCUT2D eigenvalue weighted by Gasteiger charge is -2.21. The summed E-state index contributed by atoms with van der Waals surface area (Å²) in [4.78, 5) is 0. The van der Waals surface area contributed by atoms with Crippen LogP contribution >= 0.6 is 15.9 Å². The van der Waals surface area contributed by atoms with Gasteiger partial charge in [-0.2, -0.15) is 18.3 Å². The van der Waals surface area contributed by atoms with Crippen molar-refractivity contribution >= 4 is 15.9 Å². The lowest BCUT2D eigenvalue weighted by Crippen LogP contribution is -2.28. The second kappa shape index (κ2) is 5.86. The van der Waals surface area contributed by atoms with Crippen molar-refractivity contribution in [1.82, 2.24) is 15.1 Å². The molecule has 1 unspecified atom stereocenters. The summed E-state index contributed by atoms with van der Waals surface area (Å²) >= 11 is 3.25. The van der Waals surface area contributed by atoms with Crippen molar-refractivity contribution in [2.24, 2.45) is 0 Å². The average molecular weight is 314 g/mol. The van der Waals surface area contributed by atoms with Gasteiger partial charge in [0.1, 0.15) is 0 Å². The minimum absolute atomic E-state index is 0.474. The molecule has 0 fully saturated rings. The van der Waals surface area contributed by atoms with Crippen LogP contribution < -0.4 is 5.32 Å². The molecule has 1 heterocycles. The van der Waals surface area contributed by atoms with E-state index >= 15 is 0 Å². The Hall–Kier alpha value is -0.560. The summed E-state index contributed by atoms with van der Waals surface area (Å²) in [7, 11) is 0. The average Bonchev–Trinajstić information content (AvgIpc) is 2.57. The minimum atomic E-state index is -4.20. The van der Waals surface area contributed by atoms with Gasteiger partial charge in [0.15, 0.2) is 0 Å². The molecule has 98 valence electrons. The Balaban J connectivity index is 3.00. The Labute approximate surface area is 107 Å². The first-order chi connectivity index (χ1) is 7.89. The molecule has 1 rings (SSSR count). The van der Waals surface area contributed by atoms with E-state index in [1.165, 1.54) is 6.20 Å². The molecule has 0 saturated heterocycles. The molecule has 0 aliphatic heterocycles. The number of hydrogen-bond donors (Lipinski definition) is 1. The van der Waals surface area contributed by atoms with E-state index in [0.717, 1.165) is 0 Å². The number of aryl methyl sites for hydroxylation is 1. The highest BCUT2D eigenvalue weighted by molar-refractivity contribution is 9.10. The Kier molecular flexibility index (Phi) is 5.00. The molecule has 1 N–H and O–H groups in total. The Bertz CT molecular complexity index is 362. The molecule has 0 aromatic carbocycles. The molecule has 0 amide bonds. The monoisotopic (exact) mass is 313 g/mol. The second-order valence-corrected chi connectivity index (χ2v) is 4.48. The van der Waals surface area contributed by atoms with Crippen LogP contribution in [0.3, 0.4) is 0 Å². The van der Waals surface area contributed by atoms with Crippen molar-refractivity contribution < 1.29 is 13.2 Å². The fourth-order valence-electron chi connectivity index (χ4n) is 1.71. The van der Waals surface area contributed by atoms with Crippen molar-refractivity contribution in [2.75, 3.05) is 6.54 Å². The number of alkyl halides is 3. The van der Waals surface area contributed by atoms with E-state index in [2.05, 4.69) is 26.3 Å². The summed E-state index contributed by atoms with van der Waals surface area (Å²) in [6.45, 7) is 4.65. The molecule has 0 aliphatic rings. The van der Waals surface area contributed by atoms with Gasteiger partial charge in [-0.25, -0.2) is 0 Å². The SMILES string of the molecule is CCNC(CC(F)(F)F)c1c(Br)cnn1CC. The number of nitrogens with one attached hydrogen (secondary N) is 1. The molecule has 17 heavy (non-hydrogen) atoms. The Morgan fingerprint density at radius 2 is 2.12 bits per heavy atom. The van der Waals surface area contributed by atoms with Crippen molar-refractivity contribution in [3.63, 3.8) is 0 Å². The van der Waals surface area contributed by atoms with E-state index in [1.54, 1.807) is 11.6 Å². The van der Waals surface area contributed by atoms with Crippen molar-refractivity contribution in [2.45, 2.75) is 39.0 Å². The topological polar surface area (TPSA) is 29.9 Å². The van der Waals surface area contributed by atoms with Gasteiger partial charge in [-0.05, 0) is 29.4 Å². The first-order valence-corrected chi connectivity index (χ1v) is 6.19. The van der Waals surface area contributed by atoms with Crippen LogP contribution in [0.2, 0.25) is 0 Å². The highest BCUT2D eigenvalue weighted by Crippen LogP contribution is 2.32. The van der Waals surface area contributed by atoms with Crippen LogP contribution in [-0.2, 0) is 6.54 Å². The summed E-state index contributed by atoms with van der Waals surface area (Å²) in [5.41, 5.74) is 0.548. The van der Waals surface area contributed by atoms with Gasteiger partial charge in [-0.3, -0.25) is 4.68 Å². The summed E-state index contributed by atoms with van der Waals surface area (Å²) < 4.78 is 39.7. The van der Waals surface area contributed by atoms with Gasteiger partial charge in [0.05, 0.1) is 28.8 Å². The van der Waals surface area contributed by atoms with E-state index in [-0.39, 0.29) is 0 Å². The zero-order valence-electron chi connectivity index (χ0n) is 9.68. The van der Waals surface area contributed by atoms with Gasteiger partial charge in [0, 0.05) is 6.54 Å². The summed E-state index contributed by atoms with van der Waals surface area (Å²) in [5, 5.41) is 6.88. The van der Waals surface area contributed by atoms with Crippen LogP contribution in [0.4, 0.5) is 13.2 Å². The summed E-state index contributed by atoms with van der Waals surface area (Å²) in [5.74, 6) is 0. The van der Waals surface area contributed by atoms with E-state index in [1.807, 2.05) is 6.92 Å².